The fraction of sp³-hybridized carbons (Fsp3) is 0.357. The Balaban J connectivity index is 2.43. The van der Waals surface area contributed by atoms with E-state index in [0.717, 1.165) is 17.6 Å². The molecule has 1 unspecified atom stereocenters. The van der Waals surface area contributed by atoms with Crippen LogP contribution in [0.15, 0.2) is 41.0 Å². The number of aryl methyl sites for hydroxylation is 1. The van der Waals surface area contributed by atoms with Crippen molar-refractivity contribution in [3.8, 4) is 0 Å². The van der Waals surface area contributed by atoms with Crippen molar-refractivity contribution in [1.82, 2.24) is 15.1 Å². The molecule has 2 aromatic rings. The molecule has 0 fully saturated rings. The third-order valence-electron chi connectivity index (χ3n) is 2.97. The number of halogens is 1. The van der Waals surface area contributed by atoms with Crippen molar-refractivity contribution >= 4 is 15.9 Å². The fourth-order valence-electron chi connectivity index (χ4n) is 2.14. The van der Waals surface area contributed by atoms with Crippen LogP contribution in [0, 0.1) is 0 Å². The maximum Gasteiger partial charge on any atom is 0.0759 e. The van der Waals surface area contributed by atoms with E-state index in [0.29, 0.717) is 0 Å². The van der Waals surface area contributed by atoms with Crippen molar-refractivity contribution in [2.75, 3.05) is 6.54 Å². The number of aromatic nitrogens is 2. The molecule has 0 spiro atoms. The second-order valence-electron chi connectivity index (χ2n) is 4.08. The summed E-state index contributed by atoms with van der Waals surface area (Å²) in [6.07, 6.45) is 1.86. The molecule has 0 aliphatic carbocycles. The van der Waals surface area contributed by atoms with Crippen molar-refractivity contribution in [1.29, 1.82) is 0 Å². The summed E-state index contributed by atoms with van der Waals surface area (Å²) in [4.78, 5) is 0. The van der Waals surface area contributed by atoms with Gasteiger partial charge in [0.1, 0.15) is 0 Å². The molecular formula is C14H18BrN3. The van der Waals surface area contributed by atoms with Gasteiger partial charge < -0.3 is 5.32 Å². The molecule has 0 amide bonds. The Labute approximate surface area is 116 Å². The zero-order valence-electron chi connectivity index (χ0n) is 10.7. The van der Waals surface area contributed by atoms with Crippen LogP contribution in [0.25, 0.3) is 0 Å². The molecule has 18 heavy (non-hydrogen) atoms. The van der Waals surface area contributed by atoms with Gasteiger partial charge in [0, 0.05) is 17.2 Å². The molecule has 1 heterocycles. The zero-order chi connectivity index (χ0) is 13.0. The lowest BCUT2D eigenvalue weighted by molar-refractivity contribution is 0.541. The summed E-state index contributed by atoms with van der Waals surface area (Å²) in [5.41, 5.74) is 2.45. The van der Waals surface area contributed by atoms with Gasteiger partial charge in [-0.2, -0.15) is 5.10 Å². The van der Waals surface area contributed by atoms with Crippen LogP contribution >= 0.6 is 15.9 Å². The van der Waals surface area contributed by atoms with Crippen molar-refractivity contribution in [3.63, 3.8) is 0 Å². The van der Waals surface area contributed by atoms with E-state index in [1.54, 1.807) is 0 Å². The Morgan fingerprint density at radius 1 is 1.28 bits per heavy atom. The highest BCUT2D eigenvalue weighted by molar-refractivity contribution is 9.10. The first-order valence-corrected chi connectivity index (χ1v) is 7.06. The Morgan fingerprint density at radius 2 is 2.06 bits per heavy atom. The third kappa shape index (κ3) is 2.65. The summed E-state index contributed by atoms with van der Waals surface area (Å²) < 4.78 is 3.16. The number of benzene rings is 1. The van der Waals surface area contributed by atoms with Crippen molar-refractivity contribution < 1.29 is 0 Å². The molecule has 0 aliphatic heterocycles. The van der Waals surface area contributed by atoms with E-state index in [9.17, 15) is 0 Å². The Bertz CT molecular complexity index is 507. The summed E-state index contributed by atoms with van der Waals surface area (Å²) in [6.45, 7) is 6.03. The highest BCUT2D eigenvalue weighted by Gasteiger charge is 2.18. The number of hydrogen-bond donors (Lipinski definition) is 1. The number of nitrogens with one attached hydrogen (secondary N) is 1. The van der Waals surface area contributed by atoms with Crippen molar-refractivity contribution in [3.05, 3.63) is 52.3 Å². The standard InChI is InChI=1S/C14H18BrN3/c1-3-16-14(11-7-5-6-8-12(11)15)13-9-10-17-18(13)4-2/h5-10,14,16H,3-4H2,1-2H3. The molecule has 1 aromatic carbocycles. The van der Waals surface area contributed by atoms with E-state index in [1.165, 1.54) is 11.3 Å². The summed E-state index contributed by atoms with van der Waals surface area (Å²) in [7, 11) is 0. The topological polar surface area (TPSA) is 29.9 Å². The highest BCUT2D eigenvalue weighted by atomic mass is 79.9. The minimum Gasteiger partial charge on any atom is -0.305 e. The van der Waals surface area contributed by atoms with Crippen LogP contribution in [-0.2, 0) is 6.54 Å². The predicted octanol–water partition coefficient (Wildman–Crippen LogP) is 3.36. The Kier molecular flexibility index (Phi) is 4.55. The molecule has 96 valence electrons. The van der Waals surface area contributed by atoms with Crippen molar-refractivity contribution in [2.45, 2.75) is 26.4 Å². The van der Waals surface area contributed by atoms with Crippen LogP contribution < -0.4 is 5.32 Å². The predicted molar refractivity (Wildman–Crippen MR) is 77.6 cm³/mol. The van der Waals surface area contributed by atoms with E-state index in [-0.39, 0.29) is 6.04 Å². The van der Waals surface area contributed by atoms with Crippen molar-refractivity contribution in [2.24, 2.45) is 0 Å². The van der Waals surface area contributed by atoms with Crippen LogP contribution in [0.4, 0.5) is 0 Å². The minimum atomic E-state index is 0.174. The normalized spacial score (nSPS) is 12.6. The molecule has 2 rings (SSSR count). The summed E-state index contributed by atoms with van der Waals surface area (Å²) in [5.74, 6) is 0. The van der Waals surface area contributed by atoms with E-state index < -0.39 is 0 Å². The second kappa shape index (κ2) is 6.16. The summed E-state index contributed by atoms with van der Waals surface area (Å²) in [5, 5.41) is 7.88. The van der Waals surface area contributed by atoms with Crippen LogP contribution in [0.2, 0.25) is 0 Å². The molecule has 1 atom stereocenters. The van der Waals surface area contributed by atoms with Gasteiger partial charge in [-0.1, -0.05) is 41.1 Å². The molecule has 1 N–H and O–H groups in total. The molecule has 4 heteroatoms. The second-order valence-corrected chi connectivity index (χ2v) is 4.94. The van der Waals surface area contributed by atoms with Gasteiger partial charge in [-0.3, -0.25) is 4.68 Å². The highest BCUT2D eigenvalue weighted by Crippen LogP contribution is 2.28. The average molecular weight is 308 g/mol. The molecular weight excluding hydrogens is 290 g/mol. The van der Waals surface area contributed by atoms with Gasteiger partial charge in [-0.25, -0.2) is 0 Å². The van der Waals surface area contributed by atoms with Crippen LogP contribution in [0.1, 0.15) is 31.1 Å². The molecule has 0 saturated carbocycles. The van der Waals surface area contributed by atoms with E-state index in [4.69, 9.17) is 0 Å². The van der Waals surface area contributed by atoms with Gasteiger partial charge in [-0.05, 0) is 31.2 Å². The molecule has 0 saturated heterocycles. The van der Waals surface area contributed by atoms with E-state index >= 15 is 0 Å². The Hall–Kier alpha value is -1.13. The number of hydrogen-bond acceptors (Lipinski definition) is 2. The molecule has 1 aromatic heterocycles. The third-order valence-corrected chi connectivity index (χ3v) is 3.69. The Morgan fingerprint density at radius 3 is 2.72 bits per heavy atom. The lowest BCUT2D eigenvalue weighted by Crippen LogP contribution is -2.25. The minimum absolute atomic E-state index is 0.174. The van der Waals surface area contributed by atoms with E-state index in [1.807, 2.05) is 16.9 Å². The molecule has 0 radical (unpaired) electrons. The van der Waals surface area contributed by atoms with Gasteiger partial charge in [0.25, 0.3) is 0 Å². The monoisotopic (exact) mass is 307 g/mol. The molecule has 3 nitrogen and oxygen atoms in total. The molecule has 0 bridgehead atoms. The number of rotatable bonds is 5. The van der Waals surface area contributed by atoms with Gasteiger partial charge >= 0.3 is 0 Å². The van der Waals surface area contributed by atoms with Crippen LogP contribution in [0.3, 0.4) is 0 Å². The molecule has 0 aliphatic rings. The quantitative estimate of drug-likeness (QED) is 0.918. The van der Waals surface area contributed by atoms with Gasteiger partial charge in [-0.15, -0.1) is 0 Å². The van der Waals surface area contributed by atoms with Gasteiger partial charge in [0.05, 0.1) is 11.7 Å². The average Bonchev–Trinajstić information content (AvgIpc) is 2.85. The first-order chi connectivity index (χ1) is 8.77. The number of nitrogens with zero attached hydrogens (tertiary/aromatic N) is 2. The van der Waals surface area contributed by atoms with Gasteiger partial charge in [0.2, 0.25) is 0 Å². The first kappa shape index (κ1) is 13.3. The lowest BCUT2D eigenvalue weighted by atomic mass is 10.0. The van der Waals surface area contributed by atoms with Crippen LogP contribution in [0.5, 0.6) is 0 Å². The maximum absolute atomic E-state index is 4.35. The fourth-order valence-corrected chi connectivity index (χ4v) is 2.65. The zero-order valence-corrected chi connectivity index (χ0v) is 12.3. The van der Waals surface area contributed by atoms with E-state index in [2.05, 4.69) is 64.5 Å². The smallest absolute Gasteiger partial charge is 0.0759 e. The van der Waals surface area contributed by atoms with Crippen LogP contribution in [-0.4, -0.2) is 16.3 Å². The lowest BCUT2D eigenvalue weighted by Gasteiger charge is -2.20. The summed E-state index contributed by atoms with van der Waals surface area (Å²) >= 11 is 3.63. The largest absolute Gasteiger partial charge is 0.305 e. The van der Waals surface area contributed by atoms with Gasteiger partial charge in [0.15, 0.2) is 0 Å². The summed E-state index contributed by atoms with van der Waals surface area (Å²) in [6, 6.07) is 10.6. The first-order valence-electron chi connectivity index (χ1n) is 6.27. The maximum atomic E-state index is 4.35. The SMILES string of the molecule is CCNC(c1ccccc1Br)c1ccnn1CC.